The molecule has 5 heteroatoms. The normalized spacial score (nSPS) is 13.5. The molecule has 11 aromatic rings. The molecular formula is C42H21BN2S2. The quantitative estimate of drug-likeness (QED) is 0.148. The highest BCUT2D eigenvalue weighted by Gasteiger charge is 2.42. The second-order valence-corrected chi connectivity index (χ2v) is 15.3. The smallest absolute Gasteiger partial charge is 0.252 e. The van der Waals surface area contributed by atoms with Crippen LogP contribution in [0.25, 0.3) is 95.3 Å². The summed E-state index contributed by atoms with van der Waals surface area (Å²) in [4.78, 5) is 0. The van der Waals surface area contributed by atoms with Crippen molar-refractivity contribution in [3.05, 3.63) is 127 Å². The van der Waals surface area contributed by atoms with Crippen molar-refractivity contribution in [1.29, 1.82) is 0 Å². The molecule has 7 aromatic carbocycles. The third-order valence-electron chi connectivity index (χ3n) is 11.1. The van der Waals surface area contributed by atoms with Crippen LogP contribution in [0.1, 0.15) is 0 Å². The summed E-state index contributed by atoms with van der Waals surface area (Å²) in [6, 6.07) is 48.2. The first-order valence-electron chi connectivity index (χ1n) is 16.2. The molecule has 6 heterocycles. The molecule has 0 fully saturated rings. The highest BCUT2D eigenvalue weighted by Crippen LogP contribution is 2.47. The molecule has 13 rings (SSSR count). The fourth-order valence-electron chi connectivity index (χ4n) is 9.37. The van der Waals surface area contributed by atoms with Crippen LogP contribution >= 0.6 is 22.7 Å². The van der Waals surface area contributed by atoms with Gasteiger partial charge in [0.1, 0.15) is 0 Å². The minimum Gasteiger partial charge on any atom is -0.310 e. The molecule has 0 atom stereocenters. The molecule has 0 aliphatic carbocycles. The molecule has 2 aliphatic rings. The third kappa shape index (κ3) is 2.61. The average molecular weight is 629 g/mol. The number of benzene rings is 7. The summed E-state index contributed by atoms with van der Waals surface area (Å²) < 4.78 is 10.7. The summed E-state index contributed by atoms with van der Waals surface area (Å²) >= 11 is 3.89. The Labute approximate surface area is 276 Å². The monoisotopic (exact) mass is 628 g/mol. The van der Waals surface area contributed by atoms with E-state index in [1.807, 2.05) is 22.7 Å². The molecule has 4 aromatic heterocycles. The second kappa shape index (κ2) is 7.95. The lowest BCUT2D eigenvalue weighted by Crippen LogP contribution is -2.59. The first kappa shape index (κ1) is 23.9. The highest BCUT2D eigenvalue weighted by molar-refractivity contribution is 7.27. The number of nitrogens with zero attached hydrogens (tertiary/aromatic N) is 2. The molecule has 47 heavy (non-hydrogen) atoms. The first-order chi connectivity index (χ1) is 23.3. The lowest BCUT2D eigenvalue weighted by Gasteiger charge is -2.33. The Balaban J connectivity index is 1.33. The van der Waals surface area contributed by atoms with E-state index >= 15 is 0 Å². The molecule has 2 nitrogen and oxygen atoms in total. The Bertz CT molecular complexity index is 3050. The van der Waals surface area contributed by atoms with E-state index in [0.29, 0.717) is 0 Å². The van der Waals surface area contributed by atoms with Gasteiger partial charge in [-0.15, -0.1) is 22.7 Å². The van der Waals surface area contributed by atoms with Gasteiger partial charge in [-0.25, -0.2) is 0 Å². The number of aromatic nitrogens is 2. The van der Waals surface area contributed by atoms with Crippen molar-refractivity contribution >= 4 is 130 Å². The van der Waals surface area contributed by atoms with Gasteiger partial charge in [-0.3, -0.25) is 0 Å². The molecule has 0 N–H and O–H groups in total. The van der Waals surface area contributed by atoms with Crippen LogP contribution in [-0.2, 0) is 0 Å². The second-order valence-electron chi connectivity index (χ2n) is 13.2. The zero-order valence-corrected chi connectivity index (χ0v) is 26.5. The summed E-state index contributed by atoms with van der Waals surface area (Å²) in [6.45, 7) is 0.117. The van der Waals surface area contributed by atoms with E-state index < -0.39 is 0 Å². The van der Waals surface area contributed by atoms with Crippen LogP contribution in [0.2, 0.25) is 0 Å². The maximum atomic E-state index is 2.59. The topological polar surface area (TPSA) is 9.86 Å². The summed E-state index contributed by atoms with van der Waals surface area (Å²) in [5, 5.41) is 10.9. The van der Waals surface area contributed by atoms with Crippen molar-refractivity contribution in [3.63, 3.8) is 0 Å². The van der Waals surface area contributed by atoms with Crippen molar-refractivity contribution < 1.29 is 0 Å². The maximum absolute atomic E-state index is 2.59. The molecule has 0 saturated heterocycles. The summed E-state index contributed by atoms with van der Waals surface area (Å²) in [7, 11) is 0. The highest BCUT2D eigenvalue weighted by atomic mass is 32.1. The van der Waals surface area contributed by atoms with Gasteiger partial charge in [-0.1, -0.05) is 91.0 Å². The Morgan fingerprint density at radius 1 is 0.426 bits per heavy atom. The number of thiophene rings is 2. The van der Waals surface area contributed by atoms with E-state index in [2.05, 4.69) is 137 Å². The van der Waals surface area contributed by atoms with E-state index in [9.17, 15) is 0 Å². The average Bonchev–Trinajstić information content (AvgIpc) is 3.87. The predicted molar refractivity (Wildman–Crippen MR) is 206 cm³/mol. The van der Waals surface area contributed by atoms with Crippen molar-refractivity contribution in [2.24, 2.45) is 0 Å². The minimum absolute atomic E-state index is 0.117. The Hall–Kier alpha value is -5.36. The molecule has 214 valence electrons. The van der Waals surface area contributed by atoms with Gasteiger partial charge in [0.25, 0.3) is 6.71 Å². The fourth-order valence-corrected chi connectivity index (χ4v) is 11.9. The van der Waals surface area contributed by atoms with Crippen molar-refractivity contribution in [3.8, 4) is 11.4 Å². The van der Waals surface area contributed by atoms with E-state index in [1.54, 1.807) is 0 Å². The van der Waals surface area contributed by atoms with Crippen LogP contribution in [0.4, 0.5) is 0 Å². The Morgan fingerprint density at radius 2 is 0.872 bits per heavy atom. The molecule has 0 amide bonds. The number of hydrogen-bond acceptors (Lipinski definition) is 2. The molecule has 0 saturated carbocycles. The molecule has 0 spiro atoms. The van der Waals surface area contributed by atoms with Crippen molar-refractivity contribution in [2.45, 2.75) is 0 Å². The van der Waals surface area contributed by atoms with Gasteiger partial charge in [0.15, 0.2) is 0 Å². The maximum Gasteiger partial charge on any atom is 0.252 e. The van der Waals surface area contributed by atoms with Crippen LogP contribution < -0.4 is 16.4 Å². The van der Waals surface area contributed by atoms with Gasteiger partial charge < -0.3 is 9.13 Å². The van der Waals surface area contributed by atoms with Crippen LogP contribution in [0.3, 0.4) is 0 Å². The SMILES string of the molecule is c1cc2c3c(c1)-n1c4ccccc4c4c5sc6ccccc6c5cc(c41)B3c1cc3c4ccccc4sc3c3c4ccccc4n-2c13. The first-order valence-corrected chi connectivity index (χ1v) is 17.9. The Morgan fingerprint density at radius 3 is 1.38 bits per heavy atom. The molecule has 0 unspecified atom stereocenters. The van der Waals surface area contributed by atoms with Gasteiger partial charge >= 0.3 is 0 Å². The van der Waals surface area contributed by atoms with Crippen LogP contribution in [0.15, 0.2) is 127 Å². The van der Waals surface area contributed by atoms with Crippen LogP contribution in [-0.4, -0.2) is 15.8 Å². The largest absolute Gasteiger partial charge is 0.310 e. The van der Waals surface area contributed by atoms with E-state index in [1.165, 1.54) is 112 Å². The minimum atomic E-state index is 0.117. The van der Waals surface area contributed by atoms with Gasteiger partial charge in [0.2, 0.25) is 0 Å². The number of fused-ring (bicyclic) bond motifs is 18. The summed E-state index contributed by atoms with van der Waals surface area (Å²) in [5.41, 5.74) is 12.2. The molecule has 2 aliphatic heterocycles. The van der Waals surface area contributed by atoms with Crippen molar-refractivity contribution in [2.75, 3.05) is 0 Å². The zero-order valence-electron chi connectivity index (χ0n) is 24.9. The van der Waals surface area contributed by atoms with Gasteiger partial charge in [-0.2, -0.15) is 0 Å². The lowest BCUT2D eigenvalue weighted by atomic mass is 9.34. The van der Waals surface area contributed by atoms with E-state index in [0.717, 1.165) is 0 Å². The van der Waals surface area contributed by atoms with Gasteiger partial charge in [-0.05, 0) is 52.8 Å². The number of hydrogen-bond donors (Lipinski definition) is 0. The van der Waals surface area contributed by atoms with Gasteiger partial charge in [0.05, 0.1) is 22.1 Å². The Kier molecular flexibility index (Phi) is 4.04. The zero-order chi connectivity index (χ0) is 30.1. The van der Waals surface area contributed by atoms with Crippen LogP contribution in [0.5, 0.6) is 0 Å². The standard InChI is InChI=1S/C42H21BN2S2/c1-5-14-30-24(12-1)36-39-28(20-26-22-10-3-7-18-34(22)46-41(26)36)43-29-21-27-23-11-4-8-19-35(23)47-42(27)37-25-13-2-6-15-31(25)45(40(29)37)33-17-9-16-32(38(33)43)44(30)39/h1-21H. The van der Waals surface area contributed by atoms with Gasteiger partial charge in [0, 0.05) is 73.3 Å². The lowest BCUT2D eigenvalue weighted by molar-refractivity contribution is 1.14. The molecule has 0 radical (unpaired) electrons. The summed E-state index contributed by atoms with van der Waals surface area (Å²) in [6.07, 6.45) is 0. The fraction of sp³-hybridized carbons (Fsp3) is 0. The predicted octanol–water partition coefficient (Wildman–Crippen LogP) is 9.76. The number of para-hydroxylation sites is 2. The van der Waals surface area contributed by atoms with Crippen LogP contribution in [0, 0.1) is 0 Å². The number of rotatable bonds is 0. The third-order valence-corrected chi connectivity index (χ3v) is 13.5. The summed E-state index contributed by atoms with van der Waals surface area (Å²) in [5.74, 6) is 0. The van der Waals surface area contributed by atoms with E-state index in [-0.39, 0.29) is 6.71 Å². The van der Waals surface area contributed by atoms with Crippen molar-refractivity contribution in [1.82, 2.24) is 9.13 Å². The molecule has 0 bridgehead atoms. The molecular weight excluding hydrogens is 607 g/mol. The van der Waals surface area contributed by atoms with E-state index in [4.69, 9.17) is 0 Å².